The number of Topliss-reactive ketones (excluding diaryl/α,β-unsaturated/α-hetero) is 1. The molecule has 0 aliphatic heterocycles. The molecule has 1 N–H and O–H groups in total. The number of amides is 1. The number of rotatable bonds is 10. The monoisotopic (exact) mass is 433 g/mol. The van der Waals surface area contributed by atoms with Crippen molar-refractivity contribution in [2.24, 2.45) is 0 Å². The van der Waals surface area contributed by atoms with Crippen LogP contribution in [-0.2, 0) is 6.61 Å². The third-order valence-electron chi connectivity index (χ3n) is 5.76. The Bertz CT molecular complexity index is 1030. The number of nitrogens with one attached hydrogen (secondary N) is 1. The van der Waals surface area contributed by atoms with Gasteiger partial charge in [0.1, 0.15) is 18.1 Å². The average Bonchev–Trinajstić information content (AvgIpc) is 3.30. The van der Waals surface area contributed by atoms with E-state index in [1.165, 1.54) is 12.5 Å². The van der Waals surface area contributed by atoms with Crippen LogP contribution in [0.4, 0.5) is 0 Å². The van der Waals surface area contributed by atoms with Crippen LogP contribution >= 0.6 is 0 Å². The summed E-state index contributed by atoms with van der Waals surface area (Å²) in [7, 11) is 0. The topological polar surface area (TPSA) is 68.5 Å². The molecule has 1 aromatic heterocycles. The van der Waals surface area contributed by atoms with Crippen molar-refractivity contribution >= 4 is 11.7 Å². The summed E-state index contributed by atoms with van der Waals surface area (Å²) in [6.45, 7) is 8.16. The Balaban J connectivity index is 1.58. The second-order valence-corrected chi connectivity index (χ2v) is 8.05. The van der Waals surface area contributed by atoms with Gasteiger partial charge in [0.2, 0.25) is 0 Å². The van der Waals surface area contributed by atoms with Gasteiger partial charge in [0.05, 0.1) is 6.04 Å². The molecule has 2 aromatic carbocycles. The van der Waals surface area contributed by atoms with E-state index in [2.05, 4.69) is 43.4 Å². The highest BCUT2D eigenvalue weighted by Crippen LogP contribution is 2.23. The van der Waals surface area contributed by atoms with Crippen molar-refractivity contribution in [3.05, 3.63) is 88.9 Å². The normalized spacial score (nSPS) is 12.8. The van der Waals surface area contributed by atoms with Gasteiger partial charge < -0.3 is 14.5 Å². The van der Waals surface area contributed by atoms with Crippen LogP contribution in [0.15, 0.2) is 65.1 Å². The molecule has 0 radical (unpaired) electrons. The fourth-order valence-electron chi connectivity index (χ4n) is 3.46. The molecular formula is C27H31NO4. The van der Waals surface area contributed by atoms with Crippen molar-refractivity contribution < 1.29 is 18.7 Å². The molecule has 0 saturated carbocycles. The maximum atomic E-state index is 12.7. The molecule has 0 spiro atoms. The highest BCUT2D eigenvalue weighted by Gasteiger charge is 2.17. The van der Waals surface area contributed by atoms with Gasteiger partial charge in [-0.25, -0.2) is 0 Å². The Morgan fingerprint density at radius 1 is 0.906 bits per heavy atom. The quantitative estimate of drug-likeness (QED) is 0.373. The number of ketones is 1. The first-order valence-corrected chi connectivity index (χ1v) is 11.1. The lowest BCUT2D eigenvalue weighted by atomic mass is 9.95. The zero-order valence-electron chi connectivity index (χ0n) is 19.2. The smallest absolute Gasteiger partial charge is 0.287 e. The summed E-state index contributed by atoms with van der Waals surface area (Å²) < 4.78 is 11.4. The van der Waals surface area contributed by atoms with Crippen LogP contribution in [0.25, 0.3) is 0 Å². The van der Waals surface area contributed by atoms with Gasteiger partial charge in [0, 0.05) is 5.56 Å². The minimum Gasteiger partial charge on any atom is -0.486 e. The molecule has 168 valence electrons. The Morgan fingerprint density at radius 3 is 2.16 bits per heavy atom. The van der Waals surface area contributed by atoms with Crippen molar-refractivity contribution in [1.82, 2.24) is 5.32 Å². The minimum atomic E-state index is -0.250. The molecule has 5 heteroatoms. The van der Waals surface area contributed by atoms with E-state index in [-0.39, 0.29) is 30.1 Å². The van der Waals surface area contributed by atoms with Gasteiger partial charge in [-0.15, -0.1) is 0 Å². The molecule has 32 heavy (non-hydrogen) atoms. The lowest BCUT2D eigenvalue weighted by Gasteiger charge is -2.18. The average molecular weight is 434 g/mol. The van der Waals surface area contributed by atoms with E-state index in [1.54, 1.807) is 36.4 Å². The van der Waals surface area contributed by atoms with Crippen LogP contribution in [-0.4, -0.2) is 11.7 Å². The Hall–Kier alpha value is -3.34. The number of benzene rings is 2. The van der Waals surface area contributed by atoms with Crippen LogP contribution in [0.1, 0.15) is 90.3 Å². The minimum absolute atomic E-state index is 0.00934. The molecule has 0 aliphatic carbocycles. The van der Waals surface area contributed by atoms with E-state index in [9.17, 15) is 9.59 Å². The predicted molar refractivity (Wildman–Crippen MR) is 125 cm³/mol. The molecule has 0 bridgehead atoms. The summed E-state index contributed by atoms with van der Waals surface area (Å²) in [6, 6.07) is 18.7. The maximum Gasteiger partial charge on any atom is 0.287 e. The van der Waals surface area contributed by atoms with Crippen molar-refractivity contribution in [2.75, 3.05) is 0 Å². The molecule has 0 fully saturated rings. The van der Waals surface area contributed by atoms with Gasteiger partial charge in [-0.1, -0.05) is 45.0 Å². The largest absolute Gasteiger partial charge is 0.486 e. The van der Waals surface area contributed by atoms with Gasteiger partial charge in [-0.05, 0) is 73.2 Å². The molecule has 0 saturated heterocycles. The van der Waals surface area contributed by atoms with Gasteiger partial charge in [-0.2, -0.15) is 0 Å². The maximum absolute atomic E-state index is 12.7. The predicted octanol–water partition coefficient (Wildman–Crippen LogP) is 6.46. The summed E-state index contributed by atoms with van der Waals surface area (Å²) in [5, 5.41) is 3.06. The number of carbonyl (C=O) groups is 2. The van der Waals surface area contributed by atoms with Crippen LogP contribution in [0, 0.1) is 0 Å². The third kappa shape index (κ3) is 5.88. The van der Waals surface area contributed by atoms with E-state index in [0.29, 0.717) is 23.0 Å². The second kappa shape index (κ2) is 10.8. The molecule has 2 atom stereocenters. The van der Waals surface area contributed by atoms with Crippen LogP contribution in [0.2, 0.25) is 0 Å². The molecule has 2 unspecified atom stereocenters. The number of hydrogen-bond donors (Lipinski definition) is 1. The number of ether oxygens (including phenoxy) is 1. The number of carbonyl (C=O) groups excluding carboxylic acids is 2. The summed E-state index contributed by atoms with van der Waals surface area (Å²) in [5.41, 5.74) is 3.02. The Labute approximate surface area is 189 Å². The zero-order chi connectivity index (χ0) is 23.1. The van der Waals surface area contributed by atoms with Crippen molar-refractivity contribution in [1.29, 1.82) is 0 Å². The fourth-order valence-corrected chi connectivity index (χ4v) is 3.46. The van der Waals surface area contributed by atoms with Gasteiger partial charge in [0.15, 0.2) is 11.5 Å². The van der Waals surface area contributed by atoms with E-state index in [0.717, 1.165) is 18.4 Å². The van der Waals surface area contributed by atoms with Crippen LogP contribution in [0.3, 0.4) is 0 Å². The van der Waals surface area contributed by atoms with Crippen molar-refractivity contribution in [2.45, 2.75) is 59.1 Å². The standard InChI is InChI=1S/C27H31NO4/c1-5-18(3)20-7-9-22(10-8-20)25(6-2)28-27(30)26-16-15-24(32-26)17-31-23-13-11-21(12-14-23)19(4)29/h7-16,18,25H,5-6,17H2,1-4H3,(H,28,30). The van der Waals surface area contributed by atoms with Gasteiger partial charge in [0.25, 0.3) is 5.91 Å². The number of hydrogen-bond acceptors (Lipinski definition) is 4. The summed E-state index contributed by atoms with van der Waals surface area (Å²) in [5.74, 6) is 1.72. The highest BCUT2D eigenvalue weighted by molar-refractivity contribution is 5.94. The molecule has 3 rings (SSSR count). The van der Waals surface area contributed by atoms with E-state index in [1.807, 2.05) is 6.92 Å². The first-order chi connectivity index (χ1) is 15.4. The van der Waals surface area contributed by atoms with E-state index < -0.39 is 0 Å². The lowest BCUT2D eigenvalue weighted by molar-refractivity contribution is 0.0903. The van der Waals surface area contributed by atoms with E-state index in [4.69, 9.17) is 9.15 Å². The molecule has 3 aromatic rings. The van der Waals surface area contributed by atoms with Gasteiger partial charge >= 0.3 is 0 Å². The fraction of sp³-hybridized carbons (Fsp3) is 0.333. The lowest BCUT2D eigenvalue weighted by Crippen LogP contribution is -2.27. The van der Waals surface area contributed by atoms with Crippen LogP contribution < -0.4 is 10.1 Å². The van der Waals surface area contributed by atoms with Gasteiger partial charge in [-0.3, -0.25) is 9.59 Å². The zero-order valence-corrected chi connectivity index (χ0v) is 19.2. The molecule has 1 heterocycles. The van der Waals surface area contributed by atoms with E-state index >= 15 is 0 Å². The molecule has 5 nitrogen and oxygen atoms in total. The highest BCUT2D eigenvalue weighted by atomic mass is 16.5. The van der Waals surface area contributed by atoms with Crippen molar-refractivity contribution in [3.63, 3.8) is 0 Å². The van der Waals surface area contributed by atoms with Crippen LogP contribution in [0.5, 0.6) is 5.75 Å². The first kappa shape index (κ1) is 23.3. The first-order valence-electron chi connectivity index (χ1n) is 11.1. The molecule has 0 aliphatic rings. The SMILES string of the molecule is CCC(C)c1ccc(C(CC)NC(=O)c2ccc(COc3ccc(C(C)=O)cc3)o2)cc1. The molecular weight excluding hydrogens is 402 g/mol. The number of furan rings is 1. The second-order valence-electron chi connectivity index (χ2n) is 8.05. The van der Waals surface area contributed by atoms with Crippen molar-refractivity contribution in [3.8, 4) is 5.75 Å². The third-order valence-corrected chi connectivity index (χ3v) is 5.76. The summed E-state index contributed by atoms with van der Waals surface area (Å²) in [6.07, 6.45) is 1.88. The summed E-state index contributed by atoms with van der Waals surface area (Å²) >= 11 is 0. The Morgan fingerprint density at radius 2 is 1.56 bits per heavy atom. The molecule has 1 amide bonds. The summed E-state index contributed by atoms with van der Waals surface area (Å²) in [4.78, 5) is 24.1. The Kier molecular flexibility index (Phi) is 7.87.